The third-order valence-corrected chi connectivity index (χ3v) is 2.60. The predicted octanol–water partition coefficient (Wildman–Crippen LogP) is 2.43. The first kappa shape index (κ1) is 11.0. The molecular formula is C9H15IN2O. The van der Waals surface area contributed by atoms with E-state index in [-0.39, 0.29) is 0 Å². The van der Waals surface area contributed by atoms with Crippen molar-refractivity contribution in [3.63, 3.8) is 0 Å². The highest BCUT2D eigenvalue weighted by Crippen LogP contribution is 2.11. The molecule has 0 saturated heterocycles. The number of aromatic nitrogens is 2. The molecule has 0 unspecified atom stereocenters. The highest BCUT2D eigenvalue weighted by atomic mass is 127. The lowest BCUT2D eigenvalue weighted by atomic mass is 10.4. The number of rotatable bonds is 5. The average Bonchev–Trinajstić information content (AvgIpc) is 2.48. The van der Waals surface area contributed by atoms with Crippen molar-refractivity contribution in [1.82, 2.24) is 9.78 Å². The Kier molecular flexibility index (Phi) is 4.72. The molecule has 4 heteroatoms. The summed E-state index contributed by atoms with van der Waals surface area (Å²) in [6.07, 6.45) is 3.11. The number of hydrogen-bond acceptors (Lipinski definition) is 2. The van der Waals surface area contributed by atoms with E-state index in [4.69, 9.17) is 4.74 Å². The fraction of sp³-hybridized carbons (Fsp3) is 0.667. The summed E-state index contributed by atoms with van der Waals surface area (Å²) in [7, 11) is 0. The quantitative estimate of drug-likeness (QED) is 0.616. The zero-order chi connectivity index (χ0) is 9.68. The van der Waals surface area contributed by atoms with Crippen LogP contribution in [0.5, 0.6) is 0 Å². The maximum absolute atomic E-state index is 5.43. The van der Waals surface area contributed by atoms with Crippen molar-refractivity contribution < 1.29 is 4.74 Å². The van der Waals surface area contributed by atoms with E-state index in [0.29, 0.717) is 6.61 Å². The van der Waals surface area contributed by atoms with Crippen LogP contribution in [0.1, 0.15) is 26.0 Å². The van der Waals surface area contributed by atoms with Crippen LogP contribution in [0.3, 0.4) is 0 Å². The summed E-state index contributed by atoms with van der Waals surface area (Å²) in [5, 5.41) is 4.38. The SMILES string of the molecule is CCCOCc1nn(CC)cc1I. The molecule has 0 saturated carbocycles. The van der Waals surface area contributed by atoms with Crippen LogP contribution >= 0.6 is 22.6 Å². The van der Waals surface area contributed by atoms with E-state index >= 15 is 0 Å². The average molecular weight is 294 g/mol. The van der Waals surface area contributed by atoms with Gasteiger partial charge in [0.05, 0.1) is 10.2 Å². The van der Waals surface area contributed by atoms with Crippen LogP contribution in [0.4, 0.5) is 0 Å². The summed E-state index contributed by atoms with van der Waals surface area (Å²) < 4.78 is 8.55. The topological polar surface area (TPSA) is 27.1 Å². The summed E-state index contributed by atoms with van der Waals surface area (Å²) >= 11 is 2.29. The normalized spacial score (nSPS) is 10.7. The van der Waals surface area contributed by atoms with Gasteiger partial charge >= 0.3 is 0 Å². The van der Waals surface area contributed by atoms with Crippen LogP contribution < -0.4 is 0 Å². The Morgan fingerprint density at radius 2 is 2.31 bits per heavy atom. The molecule has 74 valence electrons. The molecule has 0 aliphatic heterocycles. The minimum Gasteiger partial charge on any atom is -0.375 e. The van der Waals surface area contributed by atoms with Gasteiger partial charge in [-0.3, -0.25) is 4.68 Å². The van der Waals surface area contributed by atoms with Crippen molar-refractivity contribution >= 4 is 22.6 Å². The second kappa shape index (κ2) is 5.59. The van der Waals surface area contributed by atoms with E-state index in [2.05, 4.69) is 41.5 Å². The van der Waals surface area contributed by atoms with Gasteiger partial charge in [0.25, 0.3) is 0 Å². The minimum absolute atomic E-state index is 0.638. The van der Waals surface area contributed by atoms with Gasteiger partial charge < -0.3 is 4.74 Å². The molecule has 3 nitrogen and oxygen atoms in total. The van der Waals surface area contributed by atoms with Gasteiger partial charge in [0.15, 0.2) is 0 Å². The Hall–Kier alpha value is -0.100. The molecule has 1 heterocycles. The van der Waals surface area contributed by atoms with Gasteiger partial charge in [-0.25, -0.2) is 0 Å². The summed E-state index contributed by atoms with van der Waals surface area (Å²) in [4.78, 5) is 0. The summed E-state index contributed by atoms with van der Waals surface area (Å²) in [5.74, 6) is 0. The van der Waals surface area contributed by atoms with E-state index in [0.717, 1.165) is 25.3 Å². The van der Waals surface area contributed by atoms with E-state index in [1.807, 2.05) is 10.9 Å². The van der Waals surface area contributed by atoms with Gasteiger partial charge in [0.2, 0.25) is 0 Å². The van der Waals surface area contributed by atoms with Crippen LogP contribution in [0.2, 0.25) is 0 Å². The van der Waals surface area contributed by atoms with E-state index in [9.17, 15) is 0 Å². The van der Waals surface area contributed by atoms with Gasteiger partial charge in [-0.1, -0.05) is 6.92 Å². The predicted molar refractivity (Wildman–Crippen MR) is 60.6 cm³/mol. The van der Waals surface area contributed by atoms with E-state index in [1.165, 1.54) is 3.57 Å². The van der Waals surface area contributed by atoms with Crippen molar-refractivity contribution in [3.05, 3.63) is 15.5 Å². The maximum Gasteiger partial charge on any atom is 0.101 e. The first-order chi connectivity index (χ1) is 6.27. The molecule has 1 aromatic rings. The molecule has 0 aliphatic rings. The second-order valence-corrected chi connectivity index (χ2v) is 3.99. The monoisotopic (exact) mass is 294 g/mol. The maximum atomic E-state index is 5.43. The molecule has 0 aliphatic carbocycles. The number of ether oxygens (including phenoxy) is 1. The van der Waals surface area contributed by atoms with Crippen LogP contribution in [0.15, 0.2) is 6.20 Å². The largest absolute Gasteiger partial charge is 0.375 e. The molecule has 0 aromatic carbocycles. The Morgan fingerprint density at radius 1 is 1.54 bits per heavy atom. The number of nitrogens with zero attached hydrogens (tertiary/aromatic N) is 2. The molecule has 0 radical (unpaired) electrons. The Balaban J connectivity index is 2.50. The number of halogens is 1. The van der Waals surface area contributed by atoms with Crippen molar-refractivity contribution in [2.45, 2.75) is 33.4 Å². The molecule has 1 aromatic heterocycles. The van der Waals surface area contributed by atoms with Crippen molar-refractivity contribution in [3.8, 4) is 0 Å². The first-order valence-corrected chi connectivity index (χ1v) is 5.65. The summed E-state index contributed by atoms with van der Waals surface area (Å²) in [6, 6.07) is 0. The van der Waals surface area contributed by atoms with Crippen molar-refractivity contribution in [1.29, 1.82) is 0 Å². The molecule has 0 bridgehead atoms. The van der Waals surface area contributed by atoms with Gasteiger partial charge in [-0.2, -0.15) is 5.10 Å². The second-order valence-electron chi connectivity index (χ2n) is 2.83. The Labute approximate surface area is 92.6 Å². The summed E-state index contributed by atoms with van der Waals surface area (Å²) in [6.45, 7) is 6.56. The van der Waals surface area contributed by atoms with Crippen molar-refractivity contribution in [2.75, 3.05) is 6.61 Å². The zero-order valence-corrected chi connectivity index (χ0v) is 10.2. The standard InChI is InChI=1S/C9H15IN2O/c1-3-5-13-7-9-8(10)6-12(4-2)11-9/h6H,3-5,7H2,1-2H3. The highest BCUT2D eigenvalue weighted by molar-refractivity contribution is 14.1. The molecule has 0 N–H and O–H groups in total. The lowest BCUT2D eigenvalue weighted by Gasteiger charge is -1.99. The fourth-order valence-electron chi connectivity index (χ4n) is 1.01. The molecule has 1 rings (SSSR count). The van der Waals surface area contributed by atoms with Gasteiger partial charge in [-0.05, 0) is 35.9 Å². The fourth-order valence-corrected chi connectivity index (χ4v) is 1.60. The third kappa shape index (κ3) is 3.27. The zero-order valence-electron chi connectivity index (χ0n) is 8.09. The van der Waals surface area contributed by atoms with E-state index < -0.39 is 0 Å². The van der Waals surface area contributed by atoms with Crippen LogP contribution in [-0.2, 0) is 17.9 Å². The molecular weight excluding hydrogens is 279 g/mol. The Morgan fingerprint density at radius 3 is 2.85 bits per heavy atom. The molecule has 0 amide bonds. The molecule has 0 spiro atoms. The molecule has 13 heavy (non-hydrogen) atoms. The molecule has 0 atom stereocenters. The van der Waals surface area contributed by atoms with Crippen LogP contribution in [-0.4, -0.2) is 16.4 Å². The van der Waals surface area contributed by atoms with Gasteiger partial charge in [-0.15, -0.1) is 0 Å². The lowest BCUT2D eigenvalue weighted by Crippen LogP contribution is -1.99. The highest BCUT2D eigenvalue weighted by Gasteiger charge is 2.04. The number of hydrogen-bond donors (Lipinski definition) is 0. The van der Waals surface area contributed by atoms with E-state index in [1.54, 1.807) is 0 Å². The van der Waals surface area contributed by atoms with Crippen molar-refractivity contribution in [2.24, 2.45) is 0 Å². The Bertz CT molecular complexity index is 260. The first-order valence-electron chi connectivity index (χ1n) is 4.57. The number of aryl methyl sites for hydroxylation is 1. The third-order valence-electron chi connectivity index (χ3n) is 1.70. The smallest absolute Gasteiger partial charge is 0.101 e. The van der Waals surface area contributed by atoms with Gasteiger partial charge in [0.1, 0.15) is 5.69 Å². The van der Waals surface area contributed by atoms with Crippen LogP contribution in [0, 0.1) is 3.57 Å². The minimum atomic E-state index is 0.638. The molecule has 0 fully saturated rings. The van der Waals surface area contributed by atoms with Crippen LogP contribution in [0.25, 0.3) is 0 Å². The lowest BCUT2D eigenvalue weighted by molar-refractivity contribution is 0.118. The van der Waals surface area contributed by atoms with Gasteiger partial charge in [0, 0.05) is 19.3 Å². The summed E-state index contributed by atoms with van der Waals surface area (Å²) in [5.41, 5.74) is 1.05.